The lowest BCUT2D eigenvalue weighted by molar-refractivity contribution is -0.161. The van der Waals surface area contributed by atoms with Crippen LogP contribution in [0.4, 0.5) is 0 Å². The standard InChI is InChI=1S/C66H119O11P/c1-4-7-10-13-16-19-22-25-28-30-31-33-36-39-42-45-48-51-54-57-66(70)77-63(59-73-64(68)55-52-49-46-43-40-37-35-32-29-26-23-20-17-14-11-8-5-2)61-75-78(71,72)74-60-62(58-67)76-65(69)56-53-50-47-44-41-38-34-27-24-21-18-15-12-9-6-3/h17-18,20-21,25-29,34,62-63,67H,4-16,19,22-24,30-33,35-61H2,1-3H3,(H,71,72)/b20-17-,21-18-,28-25-,29-26-,34-27-. The Morgan fingerprint density at radius 3 is 0.987 bits per heavy atom. The first-order chi connectivity index (χ1) is 38.2. The Hall–Kier alpha value is -2.82. The van der Waals surface area contributed by atoms with Gasteiger partial charge in [-0.3, -0.25) is 23.4 Å². The molecule has 3 unspecified atom stereocenters. The van der Waals surface area contributed by atoms with E-state index in [9.17, 15) is 28.9 Å². The van der Waals surface area contributed by atoms with Crippen molar-refractivity contribution in [2.75, 3.05) is 26.4 Å². The SMILES string of the molecule is CCCCC/C=C\C/C=C\CCCCCCCCCC(=O)OCC(COP(=O)(O)OCC(CO)OC(=O)CCCCCCC/C=C\C/C=C\CCCCC)OC(=O)CCCCCCCCCCC/C=C\CCCCCCCC. The van der Waals surface area contributed by atoms with E-state index in [0.29, 0.717) is 19.3 Å². The normalized spacial score (nSPS) is 13.7. The number of ether oxygens (including phenoxy) is 3. The number of phosphoric ester groups is 1. The lowest BCUT2D eigenvalue weighted by Gasteiger charge is -2.21. The molecule has 0 amide bonds. The van der Waals surface area contributed by atoms with Crippen LogP contribution in [-0.4, -0.2) is 66.5 Å². The van der Waals surface area contributed by atoms with E-state index in [2.05, 4.69) is 81.5 Å². The maximum Gasteiger partial charge on any atom is 0.472 e. The first kappa shape index (κ1) is 75.2. The van der Waals surface area contributed by atoms with Crippen LogP contribution in [-0.2, 0) is 42.2 Å². The molecule has 0 aromatic rings. The van der Waals surface area contributed by atoms with Gasteiger partial charge in [-0.15, -0.1) is 0 Å². The number of aliphatic hydroxyl groups excluding tert-OH is 1. The molecule has 0 saturated heterocycles. The predicted molar refractivity (Wildman–Crippen MR) is 325 cm³/mol. The highest BCUT2D eigenvalue weighted by Gasteiger charge is 2.28. The molecule has 11 nitrogen and oxygen atoms in total. The summed E-state index contributed by atoms with van der Waals surface area (Å²) in [5.74, 6) is -1.47. The van der Waals surface area contributed by atoms with Gasteiger partial charge in [-0.25, -0.2) is 4.57 Å². The monoisotopic (exact) mass is 1120 g/mol. The zero-order chi connectivity index (χ0) is 56.9. The van der Waals surface area contributed by atoms with E-state index < -0.39 is 57.8 Å². The van der Waals surface area contributed by atoms with Crippen LogP contribution in [0.2, 0.25) is 0 Å². The molecule has 0 rings (SSSR count). The molecule has 0 aliphatic carbocycles. The minimum Gasteiger partial charge on any atom is -0.462 e. The molecule has 0 heterocycles. The highest BCUT2D eigenvalue weighted by molar-refractivity contribution is 7.47. The Kier molecular flexibility index (Phi) is 58.1. The Balaban J connectivity index is 4.72. The number of hydrogen-bond donors (Lipinski definition) is 2. The molecule has 0 fully saturated rings. The van der Waals surface area contributed by atoms with Crippen molar-refractivity contribution in [2.45, 2.75) is 315 Å². The average molecular weight is 1120 g/mol. The number of carbonyl (C=O) groups is 3. The van der Waals surface area contributed by atoms with Crippen molar-refractivity contribution in [3.63, 3.8) is 0 Å². The summed E-state index contributed by atoms with van der Waals surface area (Å²) in [6.45, 7) is 4.61. The average Bonchev–Trinajstić information content (AvgIpc) is 3.43. The second-order valence-corrected chi connectivity index (χ2v) is 23.0. The van der Waals surface area contributed by atoms with E-state index in [0.717, 1.165) is 96.3 Å². The van der Waals surface area contributed by atoms with E-state index in [4.69, 9.17) is 23.3 Å². The summed E-state index contributed by atoms with van der Waals surface area (Å²) >= 11 is 0. The molecule has 2 N–H and O–H groups in total. The van der Waals surface area contributed by atoms with Crippen LogP contribution in [0.3, 0.4) is 0 Å². The zero-order valence-corrected chi connectivity index (χ0v) is 51.3. The molecule has 0 radical (unpaired) electrons. The van der Waals surface area contributed by atoms with Gasteiger partial charge in [-0.05, 0) is 109 Å². The fraction of sp³-hybridized carbons (Fsp3) is 0.803. The van der Waals surface area contributed by atoms with Crippen molar-refractivity contribution in [3.8, 4) is 0 Å². The molecule has 78 heavy (non-hydrogen) atoms. The number of allylic oxidation sites excluding steroid dienone is 10. The van der Waals surface area contributed by atoms with E-state index in [1.165, 1.54) is 148 Å². The molecule has 454 valence electrons. The van der Waals surface area contributed by atoms with Crippen LogP contribution in [0.1, 0.15) is 303 Å². The van der Waals surface area contributed by atoms with Gasteiger partial charge in [0.2, 0.25) is 0 Å². The number of hydrogen-bond acceptors (Lipinski definition) is 10. The van der Waals surface area contributed by atoms with Crippen LogP contribution in [0.15, 0.2) is 60.8 Å². The largest absolute Gasteiger partial charge is 0.472 e. The molecule has 0 aliphatic heterocycles. The number of aliphatic hydroxyl groups is 1. The van der Waals surface area contributed by atoms with Crippen molar-refractivity contribution in [1.82, 2.24) is 0 Å². The van der Waals surface area contributed by atoms with Crippen LogP contribution in [0, 0.1) is 0 Å². The summed E-state index contributed by atoms with van der Waals surface area (Å²) in [5, 5.41) is 9.84. The third-order valence-electron chi connectivity index (χ3n) is 13.9. The van der Waals surface area contributed by atoms with E-state index in [1.54, 1.807) is 0 Å². The van der Waals surface area contributed by atoms with Gasteiger partial charge in [0.1, 0.15) is 12.7 Å². The van der Waals surface area contributed by atoms with Gasteiger partial charge in [0, 0.05) is 19.3 Å². The highest BCUT2D eigenvalue weighted by atomic mass is 31.2. The third-order valence-corrected chi connectivity index (χ3v) is 14.8. The van der Waals surface area contributed by atoms with Crippen molar-refractivity contribution in [2.24, 2.45) is 0 Å². The Bertz CT molecular complexity index is 1540. The van der Waals surface area contributed by atoms with Crippen LogP contribution >= 0.6 is 7.82 Å². The lowest BCUT2D eigenvalue weighted by Crippen LogP contribution is -2.30. The molecule has 0 spiro atoms. The fourth-order valence-corrected chi connectivity index (χ4v) is 9.73. The van der Waals surface area contributed by atoms with Crippen LogP contribution in [0.5, 0.6) is 0 Å². The number of esters is 3. The van der Waals surface area contributed by atoms with Crippen LogP contribution in [0.25, 0.3) is 0 Å². The molecule has 0 aliphatic rings. The molecular weight excluding hydrogens is 1000 g/mol. The third kappa shape index (κ3) is 57.9. The number of carbonyl (C=O) groups excluding carboxylic acids is 3. The van der Waals surface area contributed by atoms with Gasteiger partial charge >= 0.3 is 25.7 Å². The first-order valence-corrected chi connectivity index (χ1v) is 33.7. The molecule has 12 heteroatoms. The zero-order valence-electron chi connectivity index (χ0n) is 50.4. The van der Waals surface area contributed by atoms with E-state index >= 15 is 0 Å². The van der Waals surface area contributed by atoms with Gasteiger partial charge < -0.3 is 24.2 Å². The summed E-state index contributed by atoms with van der Waals surface area (Å²) < 4.78 is 39.7. The molecule has 0 aromatic heterocycles. The second-order valence-electron chi connectivity index (χ2n) is 21.6. The minimum absolute atomic E-state index is 0.161. The summed E-state index contributed by atoms with van der Waals surface area (Å²) in [6, 6.07) is 0. The quantitative estimate of drug-likeness (QED) is 0.0197. The van der Waals surface area contributed by atoms with Gasteiger partial charge in [0.25, 0.3) is 0 Å². The summed E-state index contributed by atoms with van der Waals surface area (Å²) in [6.07, 6.45) is 67.3. The Morgan fingerprint density at radius 1 is 0.359 bits per heavy atom. The first-order valence-electron chi connectivity index (χ1n) is 32.2. The summed E-state index contributed by atoms with van der Waals surface area (Å²) in [4.78, 5) is 48.7. The minimum atomic E-state index is -4.76. The number of unbranched alkanes of at least 4 members (excludes halogenated alkanes) is 33. The van der Waals surface area contributed by atoms with Crippen LogP contribution < -0.4 is 0 Å². The fourth-order valence-electron chi connectivity index (χ4n) is 8.94. The summed E-state index contributed by atoms with van der Waals surface area (Å²) in [5.41, 5.74) is 0. The van der Waals surface area contributed by atoms with Gasteiger partial charge in [-0.1, -0.05) is 236 Å². The van der Waals surface area contributed by atoms with E-state index in [1.807, 2.05) is 0 Å². The maximum absolute atomic E-state index is 13.0. The smallest absolute Gasteiger partial charge is 0.462 e. The molecular formula is C66H119O11P. The molecule has 0 bridgehead atoms. The summed E-state index contributed by atoms with van der Waals surface area (Å²) in [7, 11) is -4.76. The van der Waals surface area contributed by atoms with Gasteiger partial charge in [-0.2, -0.15) is 0 Å². The Morgan fingerprint density at radius 2 is 0.628 bits per heavy atom. The van der Waals surface area contributed by atoms with Crippen molar-refractivity contribution in [1.29, 1.82) is 0 Å². The topological polar surface area (TPSA) is 155 Å². The number of rotatable bonds is 60. The molecule has 3 atom stereocenters. The maximum atomic E-state index is 13.0. The van der Waals surface area contributed by atoms with Crippen molar-refractivity contribution < 1.29 is 52.2 Å². The second kappa shape index (κ2) is 60.3. The van der Waals surface area contributed by atoms with Crippen molar-refractivity contribution >= 4 is 25.7 Å². The lowest BCUT2D eigenvalue weighted by atomic mass is 10.1. The van der Waals surface area contributed by atoms with Crippen molar-refractivity contribution in [3.05, 3.63) is 60.8 Å². The molecule has 0 aromatic carbocycles. The molecule has 0 saturated carbocycles. The van der Waals surface area contributed by atoms with Gasteiger partial charge in [0.05, 0.1) is 19.8 Å². The highest BCUT2D eigenvalue weighted by Crippen LogP contribution is 2.43. The predicted octanol–water partition coefficient (Wildman–Crippen LogP) is 19.5. The Labute approximate surface area is 478 Å². The van der Waals surface area contributed by atoms with E-state index in [-0.39, 0.29) is 25.9 Å². The van der Waals surface area contributed by atoms with Gasteiger partial charge in [0.15, 0.2) is 6.10 Å². The number of phosphoric acid groups is 1.